The van der Waals surface area contributed by atoms with Crippen molar-refractivity contribution >= 4 is 27.5 Å². The Balaban J connectivity index is 2.00. The van der Waals surface area contributed by atoms with Crippen LogP contribution in [-0.2, 0) is 4.79 Å². The van der Waals surface area contributed by atoms with Crippen LogP contribution in [0.15, 0.2) is 34.8 Å². The average Bonchev–Trinajstić information content (AvgIpc) is 2.46. The molecular weight excluding hydrogens is 346 g/mol. The largest absolute Gasteiger partial charge is 0.506 e. The minimum Gasteiger partial charge on any atom is -0.506 e. The summed E-state index contributed by atoms with van der Waals surface area (Å²) in [6, 6.07) is 9.10. The van der Waals surface area contributed by atoms with E-state index in [0.29, 0.717) is 21.5 Å². The van der Waals surface area contributed by atoms with Gasteiger partial charge in [0, 0.05) is 5.69 Å². The lowest BCUT2D eigenvalue weighted by Gasteiger charge is -2.12. The quantitative estimate of drug-likeness (QED) is 0.804. The molecule has 5 heteroatoms. The highest BCUT2D eigenvalue weighted by atomic mass is 79.9. The summed E-state index contributed by atoms with van der Waals surface area (Å²) >= 11 is 3.25. The van der Waals surface area contributed by atoms with Gasteiger partial charge in [-0.1, -0.05) is 12.1 Å². The number of rotatable bonds is 4. The van der Waals surface area contributed by atoms with Crippen LogP contribution in [-0.4, -0.2) is 17.6 Å². The number of aromatic hydroxyl groups is 1. The summed E-state index contributed by atoms with van der Waals surface area (Å²) in [5.41, 5.74) is 3.44. The number of phenolic OH excluding ortho intramolecular Hbond substituents is 1. The molecule has 0 aliphatic heterocycles. The second-order valence-electron chi connectivity index (χ2n) is 5.16. The highest BCUT2D eigenvalue weighted by Gasteiger charge is 2.09. The van der Waals surface area contributed by atoms with E-state index in [9.17, 15) is 9.90 Å². The predicted molar refractivity (Wildman–Crippen MR) is 90.6 cm³/mol. The first kappa shape index (κ1) is 16.4. The first-order chi connectivity index (χ1) is 10.4. The number of phenols is 1. The van der Waals surface area contributed by atoms with Crippen molar-refractivity contribution in [1.29, 1.82) is 0 Å². The number of carbonyl (C=O) groups is 1. The summed E-state index contributed by atoms with van der Waals surface area (Å²) in [5.74, 6) is 0.626. The van der Waals surface area contributed by atoms with E-state index in [4.69, 9.17) is 4.74 Å². The number of aryl methyl sites for hydroxylation is 2. The van der Waals surface area contributed by atoms with Crippen LogP contribution in [0.4, 0.5) is 5.69 Å². The number of ether oxygens (including phenoxy) is 1. The molecule has 0 saturated carbocycles. The van der Waals surface area contributed by atoms with E-state index in [0.717, 1.165) is 11.1 Å². The molecule has 2 aromatic carbocycles. The van der Waals surface area contributed by atoms with Gasteiger partial charge in [-0.2, -0.15) is 0 Å². The van der Waals surface area contributed by atoms with Gasteiger partial charge in [-0.05, 0) is 71.6 Å². The number of carbonyl (C=O) groups excluding carboxylic acids is 1. The van der Waals surface area contributed by atoms with E-state index in [1.807, 2.05) is 32.0 Å². The van der Waals surface area contributed by atoms with Crippen LogP contribution in [0.2, 0.25) is 0 Å². The fourth-order valence-electron chi connectivity index (χ4n) is 2.03. The van der Waals surface area contributed by atoms with Crippen molar-refractivity contribution < 1.29 is 14.6 Å². The lowest BCUT2D eigenvalue weighted by atomic mass is 10.1. The third-order valence-corrected chi connectivity index (χ3v) is 4.06. The zero-order valence-electron chi connectivity index (χ0n) is 12.7. The molecule has 4 nitrogen and oxygen atoms in total. The Morgan fingerprint density at radius 2 is 1.95 bits per heavy atom. The summed E-state index contributed by atoms with van der Waals surface area (Å²) in [6.07, 6.45) is 0. The first-order valence-electron chi connectivity index (χ1n) is 6.86. The van der Waals surface area contributed by atoms with Gasteiger partial charge in [-0.3, -0.25) is 4.79 Å². The SMILES string of the molecule is Cc1cccc(OCC(=O)Nc2cc(C)c(O)c(Br)c2)c1C. The Bertz CT molecular complexity index is 690. The van der Waals surface area contributed by atoms with E-state index < -0.39 is 0 Å². The highest BCUT2D eigenvalue weighted by Crippen LogP contribution is 2.30. The number of anilines is 1. The van der Waals surface area contributed by atoms with E-state index in [2.05, 4.69) is 21.2 Å². The van der Waals surface area contributed by atoms with Gasteiger partial charge in [0.05, 0.1) is 4.47 Å². The second kappa shape index (κ2) is 6.83. The number of benzene rings is 2. The monoisotopic (exact) mass is 363 g/mol. The maximum atomic E-state index is 12.0. The van der Waals surface area contributed by atoms with Crippen molar-refractivity contribution in [3.05, 3.63) is 51.5 Å². The number of nitrogens with one attached hydrogen (secondary N) is 1. The van der Waals surface area contributed by atoms with Crippen molar-refractivity contribution in [3.8, 4) is 11.5 Å². The second-order valence-corrected chi connectivity index (χ2v) is 6.01. The fourth-order valence-corrected chi connectivity index (χ4v) is 2.59. The summed E-state index contributed by atoms with van der Waals surface area (Å²) in [5, 5.41) is 12.4. The zero-order valence-corrected chi connectivity index (χ0v) is 14.3. The standard InChI is InChI=1S/C17H18BrNO3/c1-10-5-4-6-15(12(10)3)22-9-16(20)19-13-7-11(2)17(21)14(18)8-13/h4-8,21H,9H2,1-3H3,(H,19,20). The molecule has 0 heterocycles. The minimum absolute atomic E-state index is 0.0676. The van der Waals surface area contributed by atoms with Crippen molar-refractivity contribution in [2.75, 3.05) is 11.9 Å². The van der Waals surface area contributed by atoms with E-state index >= 15 is 0 Å². The van der Waals surface area contributed by atoms with Crippen LogP contribution >= 0.6 is 15.9 Å². The molecule has 0 aromatic heterocycles. The van der Waals surface area contributed by atoms with Gasteiger partial charge >= 0.3 is 0 Å². The Labute approximate surface area is 138 Å². The van der Waals surface area contributed by atoms with Gasteiger partial charge in [-0.15, -0.1) is 0 Å². The molecule has 0 fully saturated rings. The topological polar surface area (TPSA) is 58.6 Å². The zero-order chi connectivity index (χ0) is 16.3. The predicted octanol–water partition coefficient (Wildman–Crippen LogP) is 4.10. The van der Waals surface area contributed by atoms with E-state index in [-0.39, 0.29) is 18.3 Å². The third kappa shape index (κ3) is 3.80. The number of hydrogen-bond donors (Lipinski definition) is 2. The Kier molecular flexibility index (Phi) is 5.08. The van der Waals surface area contributed by atoms with Crippen LogP contribution in [0.5, 0.6) is 11.5 Å². The number of amides is 1. The van der Waals surface area contributed by atoms with Gasteiger partial charge in [0.25, 0.3) is 5.91 Å². The van der Waals surface area contributed by atoms with E-state index in [1.54, 1.807) is 19.1 Å². The molecule has 2 aromatic rings. The molecule has 2 N–H and O–H groups in total. The summed E-state index contributed by atoms with van der Waals surface area (Å²) < 4.78 is 6.10. The fraction of sp³-hybridized carbons (Fsp3) is 0.235. The molecule has 1 amide bonds. The summed E-state index contributed by atoms with van der Waals surface area (Å²) in [7, 11) is 0. The normalized spacial score (nSPS) is 10.4. The molecule has 0 bridgehead atoms. The molecule has 0 aliphatic rings. The van der Waals surface area contributed by atoms with Gasteiger partial charge in [0.15, 0.2) is 6.61 Å². The Morgan fingerprint density at radius 3 is 2.64 bits per heavy atom. The molecule has 22 heavy (non-hydrogen) atoms. The maximum Gasteiger partial charge on any atom is 0.262 e. The van der Waals surface area contributed by atoms with Gasteiger partial charge in [-0.25, -0.2) is 0 Å². The Hall–Kier alpha value is -2.01. The first-order valence-corrected chi connectivity index (χ1v) is 7.65. The molecule has 0 spiro atoms. The molecule has 0 saturated heterocycles. The smallest absolute Gasteiger partial charge is 0.262 e. The highest BCUT2D eigenvalue weighted by molar-refractivity contribution is 9.10. The molecule has 0 atom stereocenters. The molecular formula is C17H18BrNO3. The minimum atomic E-state index is -0.252. The Morgan fingerprint density at radius 1 is 1.23 bits per heavy atom. The van der Waals surface area contributed by atoms with Crippen LogP contribution in [0.3, 0.4) is 0 Å². The lowest BCUT2D eigenvalue weighted by Crippen LogP contribution is -2.20. The van der Waals surface area contributed by atoms with Crippen LogP contribution in [0, 0.1) is 20.8 Å². The molecule has 0 radical (unpaired) electrons. The maximum absolute atomic E-state index is 12.0. The average molecular weight is 364 g/mol. The number of hydrogen-bond acceptors (Lipinski definition) is 3. The third-order valence-electron chi connectivity index (χ3n) is 3.45. The van der Waals surface area contributed by atoms with Crippen LogP contribution in [0.1, 0.15) is 16.7 Å². The van der Waals surface area contributed by atoms with Gasteiger partial charge in [0.2, 0.25) is 0 Å². The van der Waals surface area contributed by atoms with Crippen LogP contribution < -0.4 is 10.1 Å². The summed E-state index contributed by atoms with van der Waals surface area (Å²) in [6.45, 7) is 5.66. The molecule has 0 unspecified atom stereocenters. The lowest BCUT2D eigenvalue weighted by molar-refractivity contribution is -0.118. The van der Waals surface area contributed by atoms with Crippen molar-refractivity contribution in [3.63, 3.8) is 0 Å². The van der Waals surface area contributed by atoms with E-state index in [1.165, 1.54) is 0 Å². The number of halogens is 1. The van der Waals surface area contributed by atoms with Gasteiger partial charge in [0.1, 0.15) is 11.5 Å². The molecule has 2 rings (SSSR count). The van der Waals surface area contributed by atoms with Crippen molar-refractivity contribution in [2.45, 2.75) is 20.8 Å². The van der Waals surface area contributed by atoms with Crippen molar-refractivity contribution in [1.82, 2.24) is 0 Å². The molecule has 0 aliphatic carbocycles. The van der Waals surface area contributed by atoms with Gasteiger partial charge < -0.3 is 15.2 Å². The molecule has 116 valence electrons. The van der Waals surface area contributed by atoms with Crippen LogP contribution in [0.25, 0.3) is 0 Å². The van der Waals surface area contributed by atoms with Crippen molar-refractivity contribution in [2.24, 2.45) is 0 Å². The summed E-state index contributed by atoms with van der Waals surface area (Å²) in [4.78, 5) is 12.0.